The molecule has 2 aromatic heterocycles. The van der Waals surface area contributed by atoms with Crippen molar-refractivity contribution in [2.24, 2.45) is 0 Å². The van der Waals surface area contributed by atoms with Crippen molar-refractivity contribution in [3.05, 3.63) is 54.4 Å². The third kappa shape index (κ3) is 3.05. The van der Waals surface area contributed by atoms with Gasteiger partial charge in [-0.1, -0.05) is 6.07 Å². The molecule has 0 N–H and O–H groups in total. The molecule has 0 aliphatic heterocycles. The Morgan fingerprint density at radius 1 is 1.10 bits per heavy atom. The Morgan fingerprint density at radius 3 is 2.67 bits per heavy atom. The molecule has 0 aliphatic rings. The molecule has 0 saturated carbocycles. The maximum Gasteiger partial charge on any atom is 0.137 e. The molecule has 3 rings (SSSR count). The van der Waals surface area contributed by atoms with E-state index in [4.69, 9.17) is 4.74 Å². The van der Waals surface area contributed by atoms with E-state index in [9.17, 15) is 4.39 Å². The third-order valence-corrected chi connectivity index (χ3v) is 3.30. The van der Waals surface area contributed by atoms with Crippen molar-refractivity contribution in [2.75, 3.05) is 13.3 Å². The van der Waals surface area contributed by atoms with Crippen LogP contribution in [-0.4, -0.2) is 22.7 Å². The minimum atomic E-state index is -0.348. The zero-order chi connectivity index (χ0) is 14.7. The van der Waals surface area contributed by atoms with Crippen LogP contribution in [0.3, 0.4) is 0 Å². The van der Waals surface area contributed by atoms with Crippen LogP contribution in [0.25, 0.3) is 16.9 Å². The SMILES string of the molecule is Cc1ccc2nc(-c3ccc(OCCCF)cc3)cn2c1. The van der Waals surface area contributed by atoms with Crippen LogP contribution < -0.4 is 4.74 Å². The molecular weight excluding hydrogens is 267 g/mol. The number of benzene rings is 1. The summed E-state index contributed by atoms with van der Waals surface area (Å²) in [7, 11) is 0. The summed E-state index contributed by atoms with van der Waals surface area (Å²) in [6.07, 6.45) is 4.50. The molecule has 0 spiro atoms. The molecule has 0 saturated heterocycles. The summed E-state index contributed by atoms with van der Waals surface area (Å²) in [5.74, 6) is 0.756. The number of fused-ring (bicyclic) bond motifs is 1. The van der Waals surface area contributed by atoms with Crippen LogP contribution in [-0.2, 0) is 0 Å². The van der Waals surface area contributed by atoms with Crippen molar-refractivity contribution in [1.82, 2.24) is 9.38 Å². The fourth-order valence-electron chi connectivity index (χ4n) is 2.21. The van der Waals surface area contributed by atoms with E-state index in [1.165, 1.54) is 5.56 Å². The highest BCUT2D eigenvalue weighted by atomic mass is 19.1. The van der Waals surface area contributed by atoms with E-state index in [1.54, 1.807) is 0 Å². The van der Waals surface area contributed by atoms with Gasteiger partial charge in [0.05, 0.1) is 19.0 Å². The zero-order valence-corrected chi connectivity index (χ0v) is 11.9. The van der Waals surface area contributed by atoms with E-state index in [2.05, 4.69) is 18.1 Å². The van der Waals surface area contributed by atoms with E-state index in [0.29, 0.717) is 13.0 Å². The second-order valence-corrected chi connectivity index (χ2v) is 5.01. The van der Waals surface area contributed by atoms with Gasteiger partial charge < -0.3 is 9.14 Å². The van der Waals surface area contributed by atoms with Crippen LogP contribution in [0.1, 0.15) is 12.0 Å². The molecule has 108 valence electrons. The number of nitrogens with zero attached hydrogens (tertiary/aromatic N) is 2. The number of hydrogen-bond donors (Lipinski definition) is 0. The first-order valence-electron chi connectivity index (χ1n) is 7.01. The summed E-state index contributed by atoms with van der Waals surface area (Å²) in [5, 5.41) is 0. The van der Waals surface area contributed by atoms with Crippen LogP contribution in [0.15, 0.2) is 48.8 Å². The molecule has 0 atom stereocenters. The highest BCUT2D eigenvalue weighted by Crippen LogP contribution is 2.22. The van der Waals surface area contributed by atoms with E-state index < -0.39 is 0 Å². The Balaban J connectivity index is 1.81. The minimum absolute atomic E-state index is 0.348. The Bertz CT molecular complexity index is 734. The molecule has 0 unspecified atom stereocenters. The number of imidazole rings is 1. The van der Waals surface area contributed by atoms with Gasteiger partial charge in [0.1, 0.15) is 11.4 Å². The fraction of sp³-hybridized carbons (Fsp3) is 0.235. The van der Waals surface area contributed by atoms with E-state index in [1.807, 2.05) is 47.0 Å². The molecule has 4 heteroatoms. The number of aromatic nitrogens is 2. The summed E-state index contributed by atoms with van der Waals surface area (Å²) in [4.78, 5) is 4.60. The van der Waals surface area contributed by atoms with Gasteiger partial charge in [-0.05, 0) is 42.8 Å². The average molecular weight is 284 g/mol. The lowest BCUT2D eigenvalue weighted by molar-refractivity contribution is 0.289. The molecular formula is C17H17FN2O. The van der Waals surface area contributed by atoms with Crippen molar-refractivity contribution in [3.63, 3.8) is 0 Å². The summed E-state index contributed by atoms with van der Waals surface area (Å²) in [6, 6.07) is 11.8. The predicted octanol–water partition coefficient (Wildman–Crippen LogP) is 4.05. The molecule has 0 aliphatic carbocycles. The molecule has 0 radical (unpaired) electrons. The average Bonchev–Trinajstić information content (AvgIpc) is 2.91. The maximum absolute atomic E-state index is 12.0. The maximum atomic E-state index is 12.0. The number of hydrogen-bond acceptors (Lipinski definition) is 2. The quantitative estimate of drug-likeness (QED) is 0.661. The first-order valence-corrected chi connectivity index (χ1v) is 7.01. The molecule has 1 aromatic carbocycles. The van der Waals surface area contributed by atoms with Crippen LogP contribution in [0.2, 0.25) is 0 Å². The fourth-order valence-corrected chi connectivity index (χ4v) is 2.21. The number of aryl methyl sites for hydroxylation is 1. The molecule has 0 amide bonds. The van der Waals surface area contributed by atoms with Gasteiger partial charge in [0.25, 0.3) is 0 Å². The lowest BCUT2D eigenvalue weighted by Gasteiger charge is -2.04. The van der Waals surface area contributed by atoms with Gasteiger partial charge in [-0.25, -0.2) is 4.98 Å². The van der Waals surface area contributed by atoms with Crippen molar-refractivity contribution >= 4 is 5.65 Å². The lowest BCUT2D eigenvalue weighted by atomic mass is 10.2. The zero-order valence-electron chi connectivity index (χ0n) is 11.9. The van der Waals surface area contributed by atoms with Crippen molar-refractivity contribution in [2.45, 2.75) is 13.3 Å². The number of alkyl halides is 1. The van der Waals surface area contributed by atoms with Gasteiger partial charge in [-0.15, -0.1) is 0 Å². The molecule has 21 heavy (non-hydrogen) atoms. The standard InChI is InChI=1S/C17H17FN2O/c1-13-3-8-17-19-16(12-20(17)11-13)14-4-6-15(7-5-14)21-10-2-9-18/h3-8,11-12H,2,9-10H2,1H3. The van der Waals surface area contributed by atoms with Crippen molar-refractivity contribution in [3.8, 4) is 17.0 Å². The highest BCUT2D eigenvalue weighted by Gasteiger charge is 2.04. The first kappa shape index (κ1) is 13.6. The van der Waals surface area contributed by atoms with E-state index >= 15 is 0 Å². The van der Waals surface area contributed by atoms with Gasteiger partial charge in [-0.2, -0.15) is 0 Å². The third-order valence-electron chi connectivity index (χ3n) is 3.30. The summed E-state index contributed by atoms with van der Waals surface area (Å²) in [5.41, 5.74) is 4.09. The monoisotopic (exact) mass is 284 g/mol. The van der Waals surface area contributed by atoms with Gasteiger partial charge in [0.15, 0.2) is 0 Å². The number of ether oxygens (including phenoxy) is 1. The van der Waals surface area contributed by atoms with E-state index in [-0.39, 0.29) is 6.67 Å². The lowest BCUT2D eigenvalue weighted by Crippen LogP contribution is -1.97. The summed E-state index contributed by atoms with van der Waals surface area (Å²) in [6.45, 7) is 2.12. The van der Waals surface area contributed by atoms with Gasteiger partial charge in [0, 0.05) is 24.4 Å². The van der Waals surface area contributed by atoms with Crippen LogP contribution >= 0.6 is 0 Å². The number of halogens is 1. The van der Waals surface area contributed by atoms with Crippen LogP contribution in [0.4, 0.5) is 4.39 Å². The topological polar surface area (TPSA) is 26.5 Å². The molecule has 3 nitrogen and oxygen atoms in total. The Kier molecular flexibility index (Phi) is 3.86. The van der Waals surface area contributed by atoms with Gasteiger partial charge in [0.2, 0.25) is 0 Å². The summed E-state index contributed by atoms with van der Waals surface area (Å²) < 4.78 is 19.5. The van der Waals surface area contributed by atoms with Gasteiger partial charge >= 0.3 is 0 Å². The minimum Gasteiger partial charge on any atom is -0.493 e. The summed E-state index contributed by atoms with van der Waals surface area (Å²) >= 11 is 0. The molecule has 0 bridgehead atoms. The van der Waals surface area contributed by atoms with Gasteiger partial charge in [-0.3, -0.25) is 4.39 Å². The first-order chi connectivity index (χ1) is 10.3. The Hall–Kier alpha value is -2.36. The van der Waals surface area contributed by atoms with Crippen LogP contribution in [0.5, 0.6) is 5.75 Å². The van der Waals surface area contributed by atoms with Crippen LogP contribution in [0, 0.1) is 6.92 Å². The smallest absolute Gasteiger partial charge is 0.137 e. The molecule has 3 aromatic rings. The van der Waals surface area contributed by atoms with E-state index in [0.717, 1.165) is 22.7 Å². The van der Waals surface area contributed by atoms with Crippen molar-refractivity contribution < 1.29 is 9.13 Å². The predicted molar refractivity (Wildman–Crippen MR) is 81.5 cm³/mol. The molecule has 0 fully saturated rings. The largest absolute Gasteiger partial charge is 0.493 e. The second-order valence-electron chi connectivity index (χ2n) is 5.01. The number of rotatable bonds is 5. The Morgan fingerprint density at radius 2 is 1.90 bits per heavy atom. The Labute approximate surface area is 123 Å². The van der Waals surface area contributed by atoms with Crippen molar-refractivity contribution in [1.29, 1.82) is 0 Å². The normalized spacial score (nSPS) is 11.0. The highest BCUT2D eigenvalue weighted by molar-refractivity contribution is 5.63. The number of pyridine rings is 1. The molecule has 2 heterocycles. The second kappa shape index (κ2) is 5.95.